The van der Waals surface area contributed by atoms with Gasteiger partial charge in [0.2, 0.25) is 5.91 Å². The molecule has 0 aliphatic heterocycles. The Balaban J connectivity index is 2.01. The van der Waals surface area contributed by atoms with Crippen LogP contribution in [0.5, 0.6) is 0 Å². The molecule has 0 saturated heterocycles. The number of anilines is 1. The molecule has 0 heterocycles. The van der Waals surface area contributed by atoms with Gasteiger partial charge < -0.3 is 5.32 Å². The highest BCUT2D eigenvalue weighted by molar-refractivity contribution is 8.00. The van der Waals surface area contributed by atoms with Gasteiger partial charge in [-0.1, -0.05) is 12.1 Å². The van der Waals surface area contributed by atoms with Crippen LogP contribution in [-0.2, 0) is 4.79 Å². The number of thioether (sulfide) groups is 1. The van der Waals surface area contributed by atoms with Crippen LogP contribution in [0.3, 0.4) is 0 Å². The molecular weight excluding hydrogens is 327 g/mol. The Bertz CT molecular complexity index is 745. The van der Waals surface area contributed by atoms with Crippen LogP contribution in [0.15, 0.2) is 41.3 Å². The van der Waals surface area contributed by atoms with E-state index in [0.717, 1.165) is 30.0 Å². The highest BCUT2D eigenvalue weighted by Crippen LogP contribution is 2.24. The zero-order valence-corrected chi connectivity index (χ0v) is 12.8. The van der Waals surface area contributed by atoms with Crippen molar-refractivity contribution in [2.75, 3.05) is 11.1 Å². The molecule has 1 N–H and O–H groups in total. The van der Waals surface area contributed by atoms with E-state index in [1.54, 1.807) is 0 Å². The molecular formula is C16H12F3NO2S. The van der Waals surface area contributed by atoms with Crippen LogP contribution in [-0.4, -0.2) is 17.4 Å². The van der Waals surface area contributed by atoms with Gasteiger partial charge in [0.1, 0.15) is 23.1 Å². The lowest BCUT2D eigenvalue weighted by Gasteiger charge is -2.08. The predicted molar refractivity (Wildman–Crippen MR) is 82.1 cm³/mol. The van der Waals surface area contributed by atoms with Gasteiger partial charge in [0.05, 0.1) is 5.75 Å². The van der Waals surface area contributed by atoms with E-state index in [1.807, 2.05) is 0 Å². The van der Waals surface area contributed by atoms with Crippen molar-refractivity contribution in [2.45, 2.75) is 11.8 Å². The van der Waals surface area contributed by atoms with Gasteiger partial charge in [0, 0.05) is 10.5 Å². The topological polar surface area (TPSA) is 46.2 Å². The molecule has 0 atom stereocenters. The Morgan fingerprint density at radius 3 is 2.26 bits per heavy atom. The summed E-state index contributed by atoms with van der Waals surface area (Å²) in [5.74, 6) is -3.58. The third-order valence-corrected chi connectivity index (χ3v) is 3.97. The molecule has 0 aromatic heterocycles. The first-order valence-electron chi connectivity index (χ1n) is 6.55. The van der Waals surface area contributed by atoms with Crippen LogP contribution < -0.4 is 5.32 Å². The number of nitrogens with one attached hydrogen (secondary N) is 1. The molecule has 0 radical (unpaired) electrons. The number of carbonyl (C=O) groups is 2. The second-order valence-corrected chi connectivity index (χ2v) is 5.65. The number of hydrogen-bond donors (Lipinski definition) is 1. The fraction of sp³-hybridized carbons (Fsp3) is 0.125. The summed E-state index contributed by atoms with van der Waals surface area (Å²) in [5, 5.41) is 2.11. The largest absolute Gasteiger partial charge is 0.320 e. The third-order valence-electron chi connectivity index (χ3n) is 2.92. The quantitative estimate of drug-likeness (QED) is 0.661. The zero-order chi connectivity index (χ0) is 17.0. The summed E-state index contributed by atoms with van der Waals surface area (Å²) in [4.78, 5) is 23.0. The number of rotatable bonds is 5. The molecule has 0 aliphatic carbocycles. The summed E-state index contributed by atoms with van der Waals surface area (Å²) >= 11 is 0.863. The number of Topliss-reactive ketones (excluding diaryl/α,β-unsaturated/α-hetero) is 1. The average molecular weight is 339 g/mol. The van der Waals surface area contributed by atoms with E-state index < -0.39 is 29.0 Å². The minimum atomic E-state index is -0.889. The van der Waals surface area contributed by atoms with Crippen LogP contribution >= 0.6 is 11.8 Å². The Kier molecular flexibility index (Phi) is 5.44. The van der Waals surface area contributed by atoms with E-state index in [1.165, 1.54) is 25.1 Å². The van der Waals surface area contributed by atoms with Crippen molar-refractivity contribution in [3.8, 4) is 0 Å². The Morgan fingerprint density at radius 1 is 1.04 bits per heavy atom. The molecule has 2 aromatic carbocycles. The second-order valence-electron chi connectivity index (χ2n) is 4.63. The number of halogens is 3. The molecule has 0 bridgehead atoms. The lowest BCUT2D eigenvalue weighted by atomic mass is 10.1. The van der Waals surface area contributed by atoms with E-state index >= 15 is 0 Å². The van der Waals surface area contributed by atoms with Crippen LogP contribution in [0.1, 0.15) is 17.3 Å². The number of amides is 1. The highest BCUT2D eigenvalue weighted by atomic mass is 32.2. The zero-order valence-electron chi connectivity index (χ0n) is 12.0. The maximum atomic E-state index is 13.8. The average Bonchev–Trinajstić information content (AvgIpc) is 2.49. The molecule has 120 valence electrons. The molecule has 2 rings (SSSR count). The standard InChI is InChI=1S/C16H12F3NO2S/c1-9(21)10-5-6-14(13(19)7-10)23-8-15(22)20-16-11(17)3-2-4-12(16)18/h2-7H,8H2,1H3,(H,20,22). The van der Waals surface area contributed by atoms with Crippen molar-refractivity contribution in [3.63, 3.8) is 0 Å². The van der Waals surface area contributed by atoms with Crippen LogP contribution in [0.2, 0.25) is 0 Å². The molecule has 1 amide bonds. The molecule has 0 unspecified atom stereocenters. The maximum absolute atomic E-state index is 13.8. The smallest absolute Gasteiger partial charge is 0.234 e. The van der Waals surface area contributed by atoms with Gasteiger partial charge in [-0.15, -0.1) is 11.8 Å². The molecule has 23 heavy (non-hydrogen) atoms. The summed E-state index contributed by atoms with van der Waals surface area (Å²) < 4.78 is 40.6. The number of ketones is 1. The van der Waals surface area contributed by atoms with Crippen LogP contribution in [0.4, 0.5) is 18.9 Å². The third kappa shape index (κ3) is 4.35. The Labute approximate surface area is 134 Å². The van der Waals surface area contributed by atoms with E-state index in [-0.39, 0.29) is 22.0 Å². The lowest BCUT2D eigenvalue weighted by Crippen LogP contribution is -2.16. The van der Waals surface area contributed by atoms with Crippen molar-refractivity contribution in [1.82, 2.24) is 0 Å². The molecule has 0 aliphatic rings. The first kappa shape index (κ1) is 17.1. The molecule has 0 fully saturated rings. The number of hydrogen-bond acceptors (Lipinski definition) is 3. The fourth-order valence-electron chi connectivity index (χ4n) is 1.77. The summed E-state index contributed by atoms with van der Waals surface area (Å²) in [5.41, 5.74) is -0.310. The summed E-state index contributed by atoms with van der Waals surface area (Å²) in [6, 6.07) is 7.13. The van der Waals surface area contributed by atoms with Gasteiger partial charge in [0.25, 0.3) is 0 Å². The van der Waals surface area contributed by atoms with Crippen molar-refractivity contribution in [1.29, 1.82) is 0 Å². The van der Waals surface area contributed by atoms with Gasteiger partial charge in [0.15, 0.2) is 5.78 Å². The van der Waals surface area contributed by atoms with Crippen LogP contribution in [0, 0.1) is 17.5 Å². The van der Waals surface area contributed by atoms with E-state index in [2.05, 4.69) is 5.32 Å². The van der Waals surface area contributed by atoms with E-state index in [0.29, 0.717) is 0 Å². The van der Waals surface area contributed by atoms with Crippen molar-refractivity contribution in [2.24, 2.45) is 0 Å². The number of para-hydroxylation sites is 1. The minimum Gasteiger partial charge on any atom is -0.320 e. The highest BCUT2D eigenvalue weighted by Gasteiger charge is 2.13. The normalized spacial score (nSPS) is 10.4. The minimum absolute atomic E-state index is 0.166. The molecule has 7 heteroatoms. The Morgan fingerprint density at radius 2 is 1.70 bits per heavy atom. The molecule has 0 spiro atoms. The molecule has 3 nitrogen and oxygen atoms in total. The predicted octanol–water partition coefficient (Wildman–Crippen LogP) is 4.04. The molecule has 0 saturated carbocycles. The van der Waals surface area contributed by atoms with Gasteiger partial charge in [-0.3, -0.25) is 9.59 Å². The first-order valence-corrected chi connectivity index (χ1v) is 7.54. The lowest BCUT2D eigenvalue weighted by molar-refractivity contribution is -0.113. The van der Waals surface area contributed by atoms with E-state index in [4.69, 9.17) is 0 Å². The maximum Gasteiger partial charge on any atom is 0.234 e. The molecule has 2 aromatic rings. The van der Waals surface area contributed by atoms with E-state index in [9.17, 15) is 22.8 Å². The Hall–Kier alpha value is -2.28. The van der Waals surface area contributed by atoms with Gasteiger partial charge in [-0.05, 0) is 31.2 Å². The summed E-state index contributed by atoms with van der Waals surface area (Å²) in [6.45, 7) is 1.32. The van der Waals surface area contributed by atoms with Gasteiger partial charge >= 0.3 is 0 Å². The monoisotopic (exact) mass is 339 g/mol. The van der Waals surface area contributed by atoms with Crippen LogP contribution in [0.25, 0.3) is 0 Å². The summed E-state index contributed by atoms with van der Waals surface area (Å²) in [6.07, 6.45) is 0. The fourth-order valence-corrected chi connectivity index (χ4v) is 2.49. The summed E-state index contributed by atoms with van der Waals surface area (Å²) in [7, 11) is 0. The second kappa shape index (κ2) is 7.32. The van der Waals surface area contributed by atoms with Crippen molar-refractivity contribution < 1.29 is 22.8 Å². The SMILES string of the molecule is CC(=O)c1ccc(SCC(=O)Nc2c(F)cccc2F)c(F)c1. The van der Waals surface area contributed by atoms with Crippen molar-refractivity contribution in [3.05, 3.63) is 59.4 Å². The van der Waals surface area contributed by atoms with Gasteiger partial charge in [-0.2, -0.15) is 0 Å². The first-order chi connectivity index (χ1) is 10.9. The number of benzene rings is 2. The number of carbonyl (C=O) groups excluding carboxylic acids is 2. The van der Waals surface area contributed by atoms with Gasteiger partial charge in [-0.25, -0.2) is 13.2 Å². The van der Waals surface area contributed by atoms with Crippen molar-refractivity contribution >= 4 is 29.1 Å².